The molecule has 0 aromatic rings. The van der Waals surface area contributed by atoms with Crippen molar-refractivity contribution in [3.05, 3.63) is 0 Å². The van der Waals surface area contributed by atoms with Crippen LogP contribution >= 0.6 is 15.3 Å². The molecule has 0 bridgehead atoms. The number of hydrogen-bond acceptors (Lipinski definition) is 10. The summed E-state index contributed by atoms with van der Waals surface area (Å²) in [6.07, 6.45) is -1.39. The minimum absolute atomic E-state index is 0.0235. The number of amides is 1. The summed E-state index contributed by atoms with van der Waals surface area (Å²) in [6, 6.07) is 0. The van der Waals surface area contributed by atoms with Crippen molar-refractivity contribution in [2.75, 3.05) is 107 Å². The monoisotopic (exact) mass is 614 g/mol. The Morgan fingerprint density at radius 2 is 1.45 bits per heavy atom. The predicted molar refractivity (Wildman–Crippen MR) is 149 cm³/mol. The van der Waals surface area contributed by atoms with E-state index in [2.05, 4.69) is 5.32 Å². The zero-order chi connectivity index (χ0) is 29.5. The molecule has 0 aromatic heterocycles. The SMILES string of the molecule is C[C@H]1CNC[C@@H](COP(=O)(N(C)C)N2C[C@@H](COP(=O)(N(C)C)N3CCN(C(=O)OCCO)CC3)O[C@@H](C)C2)O1. The van der Waals surface area contributed by atoms with Gasteiger partial charge in [-0.15, -0.1) is 0 Å². The highest BCUT2D eigenvalue weighted by atomic mass is 31.2. The molecule has 2 unspecified atom stereocenters. The van der Waals surface area contributed by atoms with E-state index in [4.69, 9.17) is 28.4 Å². The third kappa shape index (κ3) is 8.68. The summed E-state index contributed by atoms with van der Waals surface area (Å²) in [5, 5.41) is 12.2. The van der Waals surface area contributed by atoms with E-state index >= 15 is 0 Å². The second-order valence-corrected chi connectivity index (χ2v) is 15.9. The molecule has 17 heteroatoms. The fraction of sp³-hybridized carbons (Fsp3) is 0.957. The van der Waals surface area contributed by atoms with Crippen LogP contribution in [0.25, 0.3) is 0 Å². The van der Waals surface area contributed by atoms with Gasteiger partial charge < -0.3 is 38.6 Å². The number of piperazine rings is 1. The normalized spacial score (nSPS) is 30.3. The van der Waals surface area contributed by atoms with Crippen molar-refractivity contribution in [1.29, 1.82) is 0 Å². The molecule has 1 amide bonds. The lowest BCUT2D eigenvalue weighted by molar-refractivity contribution is -0.0807. The van der Waals surface area contributed by atoms with Gasteiger partial charge in [-0.25, -0.2) is 23.5 Å². The number of ether oxygens (including phenoxy) is 3. The highest BCUT2D eigenvalue weighted by Crippen LogP contribution is 2.55. The lowest BCUT2D eigenvalue weighted by Gasteiger charge is -2.43. The Bertz CT molecular complexity index is 908. The molecule has 0 aliphatic carbocycles. The fourth-order valence-electron chi connectivity index (χ4n) is 4.91. The molecular weight excluding hydrogens is 566 g/mol. The number of rotatable bonds is 12. The van der Waals surface area contributed by atoms with Crippen LogP contribution in [0.15, 0.2) is 0 Å². The quantitative estimate of drug-likeness (QED) is 0.296. The van der Waals surface area contributed by atoms with Gasteiger partial charge in [0.15, 0.2) is 0 Å². The van der Waals surface area contributed by atoms with E-state index < -0.39 is 27.5 Å². The van der Waals surface area contributed by atoms with Crippen molar-refractivity contribution in [2.24, 2.45) is 0 Å². The number of carbonyl (C=O) groups excluding carboxylic acids is 1. The number of nitrogens with one attached hydrogen (secondary N) is 1. The maximum Gasteiger partial charge on any atom is 0.409 e. The first-order valence-corrected chi connectivity index (χ1v) is 16.8. The lowest BCUT2D eigenvalue weighted by Crippen LogP contribution is -2.50. The average Bonchev–Trinajstić information content (AvgIpc) is 2.93. The van der Waals surface area contributed by atoms with Gasteiger partial charge in [0.05, 0.1) is 44.2 Å². The van der Waals surface area contributed by atoms with E-state index in [0.717, 1.165) is 6.54 Å². The fourth-order valence-corrected chi connectivity index (χ4v) is 8.94. The Hall–Kier alpha value is -0.670. The van der Waals surface area contributed by atoms with Crippen LogP contribution in [0.1, 0.15) is 13.8 Å². The van der Waals surface area contributed by atoms with Gasteiger partial charge in [0.2, 0.25) is 0 Å². The molecular formula is C23H48N6O9P2. The molecule has 15 nitrogen and oxygen atoms in total. The predicted octanol–water partition coefficient (Wildman–Crippen LogP) is 0.572. The summed E-state index contributed by atoms with van der Waals surface area (Å²) in [7, 11) is 0.0168. The van der Waals surface area contributed by atoms with Gasteiger partial charge in [-0.2, -0.15) is 0 Å². The topological polar surface area (TPSA) is 146 Å². The second-order valence-electron chi connectivity index (χ2n) is 10.7. The van der Waals surface area contributed by atoms with Crippen molar-refractivity contribution in [1.82, 2.24) is 28.9 Å². The number of carbonyl (C=O) groups is 1. The van der Waals surface area contributed by atoms with Crippen molar-refractivity contribution in [3.8, 4) is 0 Å². The third-order valence-corrected chi connectivity index (χ3v) is 12.1. The molecule has 3 aliphatic heterocycles. The largest absolute Gasteiger partial charge is 0.447 e. The first kappa shape index (κ1) is 33.8. The smallest absolute Gasteiger partial charge is 0.409 e. The molecule has 3 heterocycles. The third-order valence-electron chi connectivity index (χ3n) is 6.95. The second kappa shape index (κ2) is 15.2. The summed E-state index contributed by atoms with van der Waals surface area (Å²) in [4.78, 5) is 13.6. The first-order chi connectivity index (χ1) is 18.9. The average molecular weight is 615 g/mol. The minimum Gasteiger partial charge on any atom is -0.447 e. The number of aliphatic hydroxyl groups is 1. The molecule has 3 saturated heterocycles. The van der Waals surface area contributed by atoms with Gasteiger partial charge >= 0.3 is 21.4 Å². The summed E-state index contributed by atoms with van der Waals surface area (Å²) in [6.45, 7) is 7.18. The Morgan fingerprint density at radius 3 is 2.02 bits per heavy atom. The maximum atomic E-state index is 14.1. The number of hydrogen-bond donors (Lipinski definition) is 2. The molecule has 40 heavy (non-hydrogen) atoms. The summed E-state index contributed by atoms with van der Waals surface area (Å²) >= 11 is 0. The molecule has 0 radical (unpaired) electrons. The molecule has 234 valence electrons. The van der Waals surface area contributed by atoms with Gasteiger partial charge in [-0.05, 0) is 42.0 Å². The van der Waals surface area contributed by atoms with Crippen LogP contribution in [-0.4, -0.2) is 166 Å². The van der Waals surface area contributed by atoms with Crippen LogP contribution in [0, 0.1) is 0 Å². The van der Waals surface area contributed by atoms with Gasteiger partial charge in [0, 0.05) is 52.4 Å². The highest BCUT2D eigenvalue weighted by Gasteiger charge is 2.43. The first-order valence-electron chi connectivity index (χ1n) is 13.8. The van der Waals surface area contributed by atoms with Crippen molar-refractivity contribution < 1.29 is 42.3 Å². The molecule has 2 N–H and O–H groups in total. The molecule has 3 fully saturated rings. The summed E-state index contributed by atoms with van der Waals surface area (Å²) in [5.74, 6) is 0. The molecule has 6 atom stereocenters. The van der Waals surface area contributed by atoms with Crippen molar-refractivity contribution in [3.63, 3.8) is 0 Å². The van der Waals surface area contributed by atoms with Gasteiger partial charge in [-0.3, -0.25) is 9.13 Å². The van der Waals surface area contributed by atoms with Crippen LogP contribution in [0.3, 0.4) is 0 Å². The molecule has 0 spiro atoms. The van der Waals surface area contributed by atoms with Gasteiger partial charge in [0.25, 0.3) is 0 Å². The van der Waals surface area contributed by atoms with Gasteiger partial charge in [-0.1, -0.05) is 0 Å². The molecule has 3 aliphatic rings. The van der Waals surface area contributed by atoms with Crippen LogP contribution in [-0.2, 0) is 32.4 Å². The molecule has 0 saturated carbocycles. The van der Waals surface area contributed by atoms with E-state index in [1.54, 1.807) is 46.9 Å². The van der Waals surface area contributed by atoms with E-state index in [1.165, 1.54) is 4.90 Å². The van der Waals surface area contributed by atoms with Gasteiger partial charge in [0.1, 0.15) is 6.61 Å². The summed E-state index contributed by atoms with van der Waals surface area (Å²) < 4.78 is 64.0. The number of morpholine rings is 2. The van der Waals surface area contributed by atoms with Crippen LogP contribution in [0.2, 0.25) is 0 Å². The number of nitrogens with zero attached hydrogens (tertiary/aromatic N) is 5. The Balaban J connectivity index is 1.60. The van der Waals surface area contributed by atoms with Crippen LogP contribution in [0.4, 0.5) is 4.79 Å². The Kier molecular flexibility index (Phi) is 12.8. The zero-order valence-corrected chi connectivity index (χ0v) is 26.4. The van der Waals surface area contributed by atoms with Crippen molar-refractivity contribution in [2.45, 2.75) is 38.3 Å². The van der Waals surface area contributed by atoms with E-state index in [0.29, 0.717) is 39.3 Å². The van der Waals surface area contributed by atoms with E-state index in [-0.39, 0.29) is 51.3 Å². The zero-order valence-electron chi connectivity index (χ0n) is 24.6. The Morgan fingerprint density at radius 1 is 0.875 bits per heavy atom. The standard InChI is InChI=1S/C23H48N6O9P2/c1-19-13-24-14-21(37-19)17-35-40(33,26(5)6)29-15-20(2)38-22(16-29)18-36-39(32,25(3)4)28-9-7-27(8-10-28)23(31)34-12-11-30/h19-22,24,30H,7-18H2,1-6H3/t19-,20-,21-,22-,39?,40?/m0/s1. The van der Waals surface area contributed by atoms with E-state index in [9.17, 15) is 13.9 Å². The lowest BCUT2D eigenvalue weighted by atomic mass is 10.2. The maximum absolute atomic E-state index is 14.1. The minimum atomic E-state index is -3.43. The van der Waals surface area contributed by atoms with Crippen molar-refractivity contribution >= 4 is 21.4 Å². The highest BCUT2D eigenvalue weighted by molar-refractivity contribution is 7.54. The number of aliphatic hydroxyl groups excluding tert-OH is 1. The Labute approximate surface area is 238 Å². The molecule has 0 aromatic carbocycles. The van der Waals surface area contributed by atoms with Crippen LogP contribution < -0.4 is 5.32 Å². The van der Waals surface area contributed by atoms with Crippen LogP contribution in [0.5, 0.6) is 0 Å². The van der Waals surface area contributed by atoms with E-state index in [1.807, 2.05) is 13.8 Å². The summed E-state index contributed by atoms with van der Waals surface area (Å²) in [5.41, 5.74) is 0. The molecule has 3 rings (SSSR count).